The van der Waals surface area contributed by atoms with Gasteiger partial charge in [0.05, 0.1) is 0 Å². The van der Waals surface area contributed by atoms with Gasteiger partial charge in [-0.3, -0.25) is 4.79 Å². The minimum absolute atomic E-state index is 0.211. The van der Waals surface area contributed by atoms with Gasteiger partial charge in [-0.05, 0) is 54.8 Å². The number of hydrogen-bond acceptors (Lipinski definition) is 5. The van der Waals surface area contributed by atoms with E-state index in [9.17, 15) is 9.59 Å². The molecule has 0 saturated heterocycles. The van der Waals surface area contributed by atoms with Crippen molar-refractivity contribution in [3.8, 4) is 0 Å². The number of Topliss-reactive ketones (excluding diaryl/α,β-unsaturated/α-hetero) is 1. The quantitative estimate of drug-likeness (QED) is 0.239. The highest BCUT2D eigenvalue weighted by atomic mass is 32.2. The maximum absolute atomic E-state index is 12.7. The molecule has 27 heavy (non-hydrogen) atoms. The average Bonchev–Trinajstić information content (AvgIpc) is 2.68. The van der Waals surface area contributed by atoms with Gasteiger partial charge in [0.2, 0.25) is 5.78 Å². The van der Waals surface area contributed by atoms with Crippen molar-refractivity contribution in [3.63, 3.8) is 0 Å². The third kappa shape index (κ3) is 6.53. The third-order valence-corrected chi connectivity index (χ3v) is 4.80. The Kier molecular flexibility index (Phi) is 8.01. The van der Waals surface area contributed by atoms with E-state index in [4.69, 9.17) is 0 Å². The van der Waals surface area contributed by atoms with Crippen molar-refractivity contribution in [3.05, 3.63) is 66.2 Å². The lowest BCUT2D eigenvalue weighted by atomic mass is 10.0. The van der Waals surface area contributed by atoms with E-state index in [0.29, 0.717) is 12.0 Å². The van der Waals surface area contributed by atoms with Crippen LogP contribution in [0, 0.1) is 0 Å². The van der Waals surface area contributed by atoms with Gasteiger partial charge >= 0.3 is 5.97 Å². The standard InChI is InChI=1S/C22H23NO3S/c1-4-6-7-21(23-26-16(3)24)22(25)18-10-14-20(15-11-18)27-19-12-8-17(5-2)9-13-19/h5,8-15H,2,4,6-7H2,1,3H3/b23-21+. The molecule has 5 heteroatoms. The molecule has 0 radical (unpaired) electrons. The molecule has 0 heterocycles. The second-order valence-corrected chi connectivity index (χ2v) is 7.10. The van der Waals surface area contributed by atoms with Gasteiger partial charge in [-0.1, -0.05) is 55.0 Å². The number of hydrogen-bond donors (Lipinski definition) is 0. The fourth-order valence-electron chi connectivity index (χ4n) is 2.31. The zero-order chi connectivity index (χ0) is 19.6. The first-order chi connectivity index (χ1) is 13.0. The predicted molar refractivity (Wildman–Crippen MR) is 110 cm³/mol. The number of unbranched alkanes of at least 4 members (excludes halogenated alkanes) is 1. The molecule has 0 spiro atoms. The molecule has 0 N–H and O–H groups in total. The summed E-state index contributed by atoms with van der Waals surface area (Å²) in [6, 6.07) is 15.5. The molecule has 0 bridgehead atoms. The lowest BCUT2D eigenvalue weighted by molar-refractivity contribution is -0.140. The fourth-order valence-corrected chi connectivity index (χ4v) is 3.13. The third-order valence-electron chi connectivity index (χ3n) is 3.78. The fraction of sp³-hybridized carbons (Fsp3) is 0.227. The molecule has 0 aromatic heterocycles. The SMILES string of the molecule is C=Cc1ccc(Sc2ccc(C(=O)/C(CCCC)=N/OC(C)=O)cc2)cc1. The van der Waals surface area contributed by atoms with Crippen LogP contribution >= 0.6 is 11.8 Å². The van der Waals surface area contributed by atoms with Crippen LogP contribution < -0.4 is 0 Å². The van der Waals surface area contributed by atoms with Crippen molar-refractivity contribution in [2.45, 2.75) is 42.9 Å². The smallest absolute Gasteiger partial charge is 0.318 e. The van der Waals surface area contributed by atoms with Crippen molar-refractivity contribution in [2.75, 3.05) is 0 Å². The summed E-state index contributed by atoms with van der Waals surface area (Å²) >= 11 is 1.62. The summed E-state index contributed by atoms with van der Waals surface area (Å²) in [5.41, 5.74) is 1.88. The molecular formula is C22H23NO3S. The Morgan fingerprint density at radius 2 is 1.67 bits per heavy atom. The van der Waals surface area contributed by atoms with Crippen molar-refractivity contribution in [1.29, 1.82) is 0 Å². The van der Waals surface area contributed by atoms with Crippen LogP contribution in [0.4, 0.5) is 0 Å². The normalized spacial score (nSPS) is 11.1. The zero-order valence-corrected chi connectivity index (χ0v) is 16.4. The van der Waals surface area contributed by atoms with Gasteiger partial charge in [-0.2, -0.15) is 0 Å². The van der Waals surface area contributed by atoms with Crippen LogP contribution in [0.5, 0.6) is 0 Å². The van der Waals surface area contributed by atoms with Crippen LogP contribution in [0.25, 0.3) is 6.08 Å². The number of benzene rings is 2. The van der Waals surface area contributed by atoms with Gasteiger partial charge in [0.25, 0.3) is 0 Å². The van der Waals surface area contributed by atoms with Gasteiger partial charge in [-0.25, -0.2) is 4.79 Å². The van der Waals surface area contributed by atoms with Gasteiger partial charge < -0.3 is 4.84 Å². The lowest BCUT2D eigenvalue weighted by Crippen LogP contribution is -2.15. The Morgan fingerprint density at radius 1 is 1.07 bits per heavy atom. The highest BCUT2D eigenvalue weighted by Crippen LogP contribution is 2.28. The molecular weight excluding hydrogens is 358 g/mol. The molecule has 140 valence electrons. The van der Waals surface area contributed by atoms with Crippen LogP contribution in [-0.4, -0.2) is 17.5 Å². The molecule has 0 fully saturated rings. The Labute approximate surface area is 164 Å². The molecule has 2 aromatic rings. The highest BCUT2D eigenvalue weighted by molar-refractivity contribution is 7.99. The molecule has 0 aliphatic rings. The predicted octanol–water partition coefficient (Wildman–Crippen LogP) is 5.77. The number of carbonyl (C=O) groups is 2. The van der Waals surface area contributed by atoms with Crippen molar-refractivity contribution >= 4 is 35.3 Å². The lowest BCUT2D eigenvalue weighted by Gasteiger charge is -2.06. The van der Waals surface area contributed by atoms with E-state index < -0.39 is 5.97 Å². The van der Waals surface area contributed by atoms with Crippen LogP contribution in [0.15, 0.2) is 70.1 Å². The molecule has 0 atom stereocenters. The van der Waals surface area contributed by atoms with E-state index in [1.54, 1.807) is 23.9 Å². The molecule has 4 nitrogen and oxygen atoms in total. The molecule has 2 rings (SSSR count). The van der Waals surface area contributed by atoms with Crippen molar-refractivity contribution in [1.82, 2.24) is 0 Å². The molecule has 0 amide bonds. The van der Waals surface area contributed by atoms with Gasteiger partial charge in [-0.15, -0.1) is 0 Å². The van der Waals surface area contributed by atoms with Gasteiger partial charge in [0.1, 0.15) is 5.71 Å². The van der Waals surface area contributed by atoms with E-state index in [1.165, 1.54) is 6.92 Å². The molecule has 2 aromatic carbocycles. The summed E-state index contributed by atoms with van der Waals surface area (Å²) in [6.45, 7) is 7.04. The van der Waals surface area contributed by atoms with Gasteiger partial charge in [0.15, 0.2) is 0 Å². The van der Waals surface area contributed by atoms with Crippen LogP contribution in [0.1, 0.15) is 49.0 Å². The maximum atomic E-state index is 12.7. The molecule has 0 aliphatic carbocycles. The summed E-state index contributed by atoms with van der Waals surface area (Å²) in [4.78, 5) is 30.5. The number of rotatable bonds is 9. The zero-order valence-electron chi connectivity index (χ0n) is 15.6. The second kappa shape index (κ2) is 10.5. The van der Waals surface area contributed by atoms with Crippen LogP contribution in [0.2, 0.25) is 0 Å². The van der Waals surface area contributed by atoms with Gasteiger partial charge in [0, 0.05) is 22.3 Å². The summed E-state index contributed by atoms with van der Waals surface area (Å²) in [5, 5.41) is 3.75. The summed E-state index contributed by atoms with van der Waals surface area (Å²) in [7, 11) is 0. The summed E-state index contributed by atoms with van der Waals surface area (Å²) in [6.07, 6.45) is 4.02. The second-order valence-electron chi connectivity index (χ2n) is 5.95. The first kappa shape index (κ1) is 20.6. The Balaban J connectivity index is 2.10. The first-order valence-electron chi connectivity index (χ1n) is 8.83. The van der Waals surface area contributed by atoms with Crippen molar-refractivity contribution < 1.29 is 14.4 Å². The van der Waals surface area contributed by atoms with E-state index in [-0.39, 0.29) is 11.5 Å². The number of carbonyl (C=O) groups excluding carboxylic acids is 2. The number of oxime groups is 1. The minimum atomic E-state index is -0.536. The molecule has 0 unspecified atom stereocenters. The molecule has 0 aliphatic heterocycles. The van der Waals surface area contributed by atoms with E-state index in [0.717, 1.165) is 28.2 Å². The Bertz CT molecular complexity index is 824. The number of ketones is 1. The van der Waals surface area contributed by atoms with E-state index in [2.05, 4.69) is 16.6 Å². The van der Waals surface area contributed by atoms with E-state index in [1.807, 2.05) is 49.4 Å². The largest absolute Gasteiger partial charge is 0.331 e. The maximum Gasteiger partial charge on any atom is 0.331 e. The highest BCUT2D eigenvalue weighted by Gasteiger charge is 2.15. The monoisotopic (exact) mass is 381 g/mol. The minimum Gasteiger partial charge on any atom is -0.318 e. The summed E-state index contributed by atoms with van der Waals surface area (Å²) < 4.78 is 0. The average molecular weight is 381 g/mol. The Morgan fingerprint density at radius 3 is 2.19 bits per heavy atom. The number of nitrogens with zero attached hydrogens (tertiary/aromatic N) is 1. The molecule has 0 saturated carbocycles. The topological polar surface area (TPSA) is 55.7 Å². The van der Waals surface area contributed by atoms with Crippen molar-refractivity contribution in [2.24, 2.45) is 5.16 Å². The van der Waals surface area contributed by atoms with E-state index >= 15 is 0 Å². The summed E-state index contributed by atoms with van der Waals surface area (Å²) in [5.74, 6) is -0.748. The first-order valence-corrected chi connectivity index (χ1v) is 9.64. The Hall–Kier alpha value is -2.66. The van der Waals surface area contributed by atoms with Crippen LogP contribution in [-0.2, 0) is 9.63 Å². The van der Waals surface area contributed by atoms with Crippen LogP contribution in [0.3, 0.4) is 0 Å².